The van der Waals surface area contributed by atoms with Crippen LogP contribution in [0.3, 0.4) is 0 Å². The van der Waals surface area contributed by atoms with Crippen LogP contribution in [-0.2, 0) is 4.74 Å². The summed E-state index contributed by atoms with van der Waals surface area (Å²) in [4.78, 5) is 21.1. The maximum atomic E-state index is 11.3. The molecule has 0 aliphatic rings. The van der Waals surface area contributed by atoms with Gasteiger partial charge < -0.3 is 4.74 Å². The molecule has 0 N–H and O–H groups in total. The van der Waals surface area contributed by atoms with Crippen LogP contribution in [0.5, 0.6) is 0 Å². The number of carbonyl (C=O) groups is 1. The van der Waals surface area contributed by atoms with Gasteiger partial charge in [0.2, 0.25) is 0 Å². The highest BCUT2D eigenvalue weighted by Gasteiger charge is 2.10. The Labute approximate surface area is 96.9 Å². The zero-order chi connectivity index (χ0) is 11.5. The molecule has 5 heteroatoms. The first kappa shape index (κ1) is 10.8. The summed E-state index contributed by atoms with van der Waals surface area (Å²) in [6.07, 6.45) is 1.70. The number of esters is 1. The predicted molar refractivity (Wildman–Crippen MR) is 61.4 cm³/mol. The van der Waals surface area contributed by atoms with Gasteiger partial charge in [-0.15, -0.1) is 11.3 Å². The molecule has 4 nitrogen and oxygen atoms in total. The monoisotopic (exact) mass is 234 g/mol. The van der Waals surface area contributed by atoms with E-state index >= 15 is 0 Å². The van der Waals surface area contributed by atoms with Crippen molar-refractivity contribution < 1.29 is 9.53 Å². The average molecular weight is 234 g/mol. The minimum Gasteiger partial charge on any atom is -0.465 e. The van der Waals surface area contributed by atoms with Gasteiger partial charge in [0.25, 0.3) is 0 Å². The van der Waals surface area contributed by atoms with Crippen molar-refractivity contribution in [2.75, 3.05) is 7.11 Å². The lowest BCUT2D eigenvalue weighted by Gasteiger charge is -1.96. The van der Waals surface area contributed by atoms with Crippen molar-refractivity contribution in [2.45, 2.75) is 6.92 Å². The fourth-order valence-corrected chi connectivity index (χ4v) is 2.17. The number of nitrogens with zero attached hydrogens (tertiary/aromatic N) is 2. The molecule has 16 heavy (non-hydrogen) atoms. The molecule has 0 aromatic carbocycles. The van der Waals surface area contributed by atoms with Gasteiger partial charge in [-0.25, -0.2) is 14.8 Å². The number of thiophene rings is 1. The SMILES string of the molecule is COC(=O)c1ccc(-c2ccnc(C)n2)s1. The summed E-state index contributed by atoms with van der Waals surface area (Å²) in [7, 11) is 1.37. The van der Waals surface area contributed by atoms with E-state index in [1.165, 1.54) is 18.4 Å². The van der Waals surface area contributed by atoms with Crippen LogP contribution in [0.25, 0.3) is 10.6 Å². The molecule has 0 radical (unpaired) electrons. The first-order valence-electron chi connectivity index (χ1n) is 4.69. The van der Waals surface area contributed by atoms with E-state index in [4.69, 9.17) is 0 Å². The van der Waals surface area contributed by atoms with Crippen LogP contribution in [0.4, 0.5) is 0 Å². The van der Waals surface area contributed by atoms with Crippen molar-refractivity contribution in [3.8, 4) is 10.6 Å². The number of aromatic nitrogens is 2. The quantitative estimate of drug-likeness (QED) is 0.748. The summed E-state index contributed by atoms with van der Waals surface area (Å²) >= 11 is 1.36. The summed E-state index contributed by atoms with van der Waals surface area (Å²) in [6.45, 7) is 1.83. The van der Waals surface area contributed by atoms with Crippen molar-refractivity contribution in [2.24, 2.45) is 0 Å². The van der Waals surface area contributed by atoms with E-state index in [1.807, 2.05) is 19.1 Å². The molecule has 0 aliphatic heterocycles. The summed E-state index contributed by atoms with van der Waals surface area (Å²) in [6, 6.07) is 5.42. The van der Waals surface area contributed by atoms with Crippen LogP contribution in [0.15, 0.2) is 24.4 Å². The van der Waals surface area contributed by atoms with Gasteiger partial charge in [-0.1, -0.05) is 0 Å². The molecule has 0 atom stereocenters. The third kappa shape index (κ3) is 2.09. The second-order valence-corrected chi connectivity index (χ2v) is 4.23. The molecule has 0 amide bonds. The molecule has 0 fully saturated rings. The molecule has 0 bridgehead atoms. The second-order valence-electron chi connectivity index (χ2n) is 3.14. The maximum Gasteiger partial charge on any atom is 0.348 e. The molecule has 0 saturated carbocycles. The third-order valence-electron chi connectivity index (χ3n) is 2.02. The van der Waals surface area contributed by atoms with Crippen molar-refractivity contribution in [1.82, 2.24) is 9.97 Å². The number of rotatable bonds is 2. The summed E-state index contributed by atoms with van der Waals surface area (Å²) in [5.74, 6) is 0.396. The highest BCUT2D eigenvalue weighted by Crippen LogP contribution is 2.26. The molecular formula is C11H10N2O2S. The highest BCUT2D eigenvalue weighted by atomic mass is 32.1. The molecule has 2 rings (SSSR count). The lowest BCUT2D eigenvalue weighted by atomic mass is 10.3. The molecule has 2 heterocycles. The zero-order valence-corrected chi connectivity index (χ0v) is 9.75. The standard InChI is InChI=1S/C11H10N2O2S/c1-7-12-6-5-8(13-7)9-3-4-10(16-9)11(14)15-2/h3-6H,1-2H3. The number of hydrogen-bond donors (Lipinski definition) is 0. The largest absolute Gasteiger partial charge is 0.465 e. The Morgan fingerprint density at radius 3 is 2.88 bits per heavy atom. The molecule has 0 saturated heterocycles. The van der Waals surface area contributed by atoms with Gasteiger partial charge in [-0.3, -0.25) is 0 Å². The topological polar surface area (TPSA) is 52.1 Å². The summed E-state index contributed by atoms with van der Waals surface area (Å²) < 4.78 is 4.65. The van der Waals surface area contributed by atoms with Crippen LogP contribution in [0.2, 0.25) is 0 Å². The Bertz CT molecular complexity index is 522. The van der Waals surface area contributed by atoms with Gasteiger partial charge in [0, 0.05) is 6.20 Å². The molecule has 0 spiro atoms. The lowest BCUT2D eigenvalue weighted by Crippen LogP contribution is -1.96. The Kier molecular flexibility index (Phi) is 2.96. The highest BCUT2D eigenvalue weighted by molar-refractivity contribution is 7.17. The van der Waals surface area contributed by atoms with E-state index in [0.29, 0.717) is 10.7 Å². The van der Waals surface area contributed by atoms with Gasteiger partial charge in [-0.2, -0.15) is 0 Å². The van der Waals surface area contributed by atoms with Crippen LogP contribution in [-0.4, -0.2) is 23.0 Å². The first-order chi connectivity index (χ1) is 7.70. The molecular weight excluding hydrogens is 224 g/mol. The van der Waals surface area contributed by atoms with Crippen LogP contribution in [0, 0.1) is 6.92 Å². The fourth-order valence-electron chi connectivity index (χ4n) is 1.28. The van der Waals surface area contributed by atoms with Gasteiger partial charge in [0.1, 0.15) is 10.7 Å². The smallest absolute Gasteiger partial charge is 0.348 e. The van der Waals surface area contributed by atoms with Gasteiger partial charge in [-0.05, 0) is 25.1 Å². The molecule has 2 aromatic heterocycles. The minimum absolute atomic E-state index is 0.318. The van der Waals surface area contributed by atoms with E-state index in [1.54, 1.807) is 12.3 Å². The maximum absolute atomic E-state index is 11.3. The molecule has 82 valence electrons. The summed E-state index contributed by atoms with van der Waals surface area (Å²) in [5.41, 5.74) is 0.827. The van der Waals surface area contributed by atoms with E-state index in [-0.39, 0.29) is 5.97 Å². The van der Waals surface area contributed by atoms with Crippen molar-refractivity contribution in [1.29, 1.82) is 0 Å². The number of methoxy groups -OCH3 is 1. The van der Waals surface area contributed by atoms with Crippen molar-refractivity contribution in [3.05, 3.63) is 35.1 Å². The molecule has 0 unspecified atom stereocenters. The number of carbonyl (C=O) groups excluding carboxylic acids is 1. The van der Waals surface area contributed by atoms with Crippen LogP contribution in [0.1, 0.15) is 15.5 Å². The van der Waals surface area contributed by atoms with Crippen molar-refractivity contribution >= 4 is 17.3 Å². The van der Waals surface area contributed by atoms with Gasteiger partial charge >= 0.3 is 5.97 Å². The Morgan fingerprint density at radius 1 is 1.38 bits per heavy atom. The van der Waals surface area contributed by atoms with Gasteiger partial charge in [0.15, 0.2) is 0 Å². The van der Waals surface area contributed by atoms with E-state index in [2.05, 4.69) is 14.7 Å². The Morgan fingerprint density at radius 2 is 2.19 bits per heavy atom. The van der Waals surface area contributed by atoms with E-state index < -0.39 is 0 Å². The predicted octanol–water partition coefficient (Wildman–Crippen LogP) is 2.30. The Balaban J connectivity index is 2.35. The zero-order valence-electron chi connectivity index (χ0n) is 8.93. The van der Waals surface area contributed by atoms with Crippen LogP contribution >= 0.6 is 11.3 Å². The number of aryl methyl sites for hydroxylation is 1. The minimum atomic E-state index is -0.318. The molecule has 0 aliphatic carbocycles. The number of hydrogen-bond acceptors (Lipinski definition) is 5. The molecule has 2 aromatic rings. The van der Waals surface area contributed by atoms with Gasteiger partial charge in [0.05, 0.1) is 17.7 Å². The second kappa shape index (κ2) is 4.40. The average Bonchev–Trinajstić information content (AvgIpc) is 2.77. The summed E-state index contributed by atoms with van der Waals surface area (Å²) in [5, 5.41) is 0. The Hall–Kier alpha value is -1.75. The number of ether oxygens (including phenoxy) is 1. The third-order valence-corrected chi connectivity index (χ3v) is 3.11. The fraction of sp³-hybridized carbons (Fsp3) is 0.182. The lowest BCUT2D eigenvalue weighted by molar-refractivity contribution is 0.0606. The van der Waals surface area contributed by atoms with Crippen LogP contribution < -0.4 is 0 Å². The first-order valence-corrected chi connectivity index (χ1v) is 5.50. The van der Waals surface area contributed by atoms with E-state index in [9.17, 15) is 4.79 Å². The van der Waals surface area contributed by atoms with E-state index in [0.717, 1.165) is 10.6 Å². The van der Waals surface area contributed by atoms with Crippen molar-refractivity contribution in [3.63, 3.8) is 0 Å². The normalized spacial score (nSPS) is 10.1.